The number of carbonyl (C=O) groups excluding carboxylic acids is 2. The van der Waals surface area contributed by atoms with Crippen LogP contribution in [0.2, 0.25) is 5.02 Å². The summed E-state index contributed by atoms with van der Waals surface area (Å²) in [5.41, 5.74) is -7.02. The van der Waals surface area contributed by atoms with Gasteiger partial charge in [-0.1, -0.05) is 33.6 Å². The Labute approximate surface area is 248 Å². The molecule has 0 bridgehead atoms. The quantitative estimate of drug-likeness (QED) is 0.177. The predicted molar refractivity (Wildman–Crippen MR) is 144 cm³/mol. The number of carbonyl (C=O) groups is 2. The van der Waals surface area contributed by atoms with Crippen molar-refractivity contribution in [1.29, 1.82) is 5.26 Å². The number of para-hydroxylation sites is 1. The SMILES string of the molecule is CCN(C(=O)c1ccc(C#N)cc1)c1cccc(C(=O)Cc2c(Cl)cc(C(F)(C(F)(F)F)C(F)(F)F)cc2Br)c1OC. The van der Waals surface area contributed by atoms with Crippen LogP contribution in [0.1, 0.15) is 44.3 Å². The van der Waals surface area contributed by atoms with Gasteiger partial charge in [0.25, 0.3) is 5.91 Å². The fraction of sp³-hybridized carbons (Fsp3) is 0.250. The minimum atomic E-state index is -6.35. The van der Waals surface area contributed by atoms with Gasteiger partial charge in [0, 0.05) is 33.6 Å². The molecule has 3 aromatic rings. The highest BCUT2D eigenvalue weighted by Gasteiger charge is 2.73. The normalized spacial score (nSPS) is 12.0. The number of alkyl halides is 7. The molecule has 0 fully saturated rings. The van der Waals surface area contributed by atoms with Crippen molar-refractivity contribution in [3.63, 3.8) is 0 Å². The molecule has 222 valence electrons. The van der Waals surface area contributed by atoms with E-state index in [2.05, 4.69) is 15.9 Å². The van der Waals surface area contributed by atoms with Crippen LogP contribution in [0, 0.1) is 11.3 Å². The van der Waals surface area contributed by atoms with E-state index in [0.717, 1.165) is 0 Å². The first-order chi connectivity index (χ1) is 19.5. The molecular weight excluding hydrogens is 661 g/mol. The van der Waals surface area contributed by atoms with E-state index in [1.165, 1.54) is 54.5 Å². The van der Waals surface area contributed by atoms with Crippen LogP contribution in [-0.2, 0) is 12.1 Å². The summed E-state index contributed by atoms with van der Waals surface area (Å²) >= 11 is 8.82. The Kier molecular flexibility index (Phi) is 9.64. The van der Waals surface area contributed by atoms with Crippen LogP contribution in [0.4, 0.5) is 36.4 Å². The summed E-state index contributed by atoms with van der Waals surface area (Å²) in [5, 5.41) is 8.27. The Morgan fingerprint density at radius 3 is 2.07 bits per heavy atom. The predicted octanol–water partition coefficient (Wildman–Crippen LogP) is 8.36. The molecule has 3 rings (SSSR count). The lowest BCUT2D eigenvalue weighted by Gasteiger charge is -2.30. The Hall–Kier alpha value is -3.63. The van der Waals surface area contributed by atoms with E-state index in [4.69, 9.17) is 21.6 Å². The van der Waals surface area contributed by atoms with Gasteiger partial charge in [-0.15, -0.1) is 0 Å². The number of rotatable bonds is 8. The number of hydrogen-bond donors (Lipinski definition) is 0. The van der Waals surface area contributed by atoms with Gasteiger partial charge in [0.05, 0.1) is 30.0 Å². The molecule has 0 unspecified atom stereocenters. The molecule has 0 aromatic heterocycles. The first-order valence-corrected chi connectivity index (χ1v) is 13.0. The van der Waals surface area contributed by atoms with Crippen molar-refractivity contribution in [1.82, 2.24) is 0 Å². The van der Waals surface area contributed by atoms with Crippen LogP contribution >= 0.6 is 27.5 Å². The molecule has 0 aliphatic carbocycles. The zero-order valence-corrected chi connectivity index (χ0v) is 24.0. The van der Waals surface area contributed by atoms with Crippen LogP contribution in [0.15, 0.2) is 59.1 Å². The van der Waals surface area contributed by atoms with Crippen molar-refractivity contribution >= 4 is 44.9 Å². The minimum absolute atomic E-state index is 0.0351. The van der Waals surface area contributed by atoms with Crippen molar-refractivity contribution in [2.75, 3.05) is 18.6 Å². The van der Waals surface area contributed by atoms with E-state index in [-0.39, 0.29) is 46.8 Å². The number of hydrogen-bond acceptors (Lipinski definition) is 4. The van der Waals surface area contributed by atoms with E-state index < -0.39 is 51.2 Å². The number of halogens is 9. The number of Topliss-reactive ketones (excluding diaryl/α,β-unsaturated/α-hetero) is 1. The molecule has 3 aromatic carbocycles. The number of nitriles is 1. The molecule has 14 heteroatoms. The summed E-state index contributed by atoms with van der Waals surface area (Å²) in [6.07, 6.45) is -13.3. The number of ketones is 1. The van der Waals surface area contributed by atoms with Crippen LogP contribution in [0.5, 0.6) is 5.75 Å². The molecule has 0 spiro atoms. The molecule has 0 aliphatic heterocycles. The van der Waals surface area contributed by atoms with E-state index >= 15 is 0 Å². The summed E-state index contributed by atoms with van der Waals surface area (Å²) in [4.78, 5) is 27.9. The topological polar surface area (TPSA) is 70.4 Å². The van der Waals surface area contributed by atoms with Crippen LogP contribution in [0.3, 0.4) is 0 Å². The first-order valence-electron chi connectivity index (χ1n) is 11.8. The van der Waals surface area contributed by atoms with Gasteiger partial charge >= 0.3 is 18.0 Å². The van der Waals surface area contributed by atoms with E-state index in [9.17, 15) is 40.3 Å². The van der Waals surface area contributed by atoms with E-state index in [1.54, 1.807) is 6.92 Å². The number of methoxy groups -OCH3 is 1. The largest absolute Gasteiger partial charge is 0.494 e. The molecular formula is C28H19BrClF7N2O3. The fourth-order valence-corrected chi connectivity index (χ4v) is 5.15. The van der Waals surface area contributed by atoms with Crippen LogP contribution in [0.25, 0.3) is 0 Å². The number of ether oxygens (including phenoxy) is 1. The first kappa shape index (κ1) is 32.9. The number of amides is 1. The van der Waals surface area contributed by atoms with Gasteiger partial charge in [0.2, 0.25) is 0 Å². The molecule has 0 N–H and O–H groups in total. The van der Waals surface area contributed by atoms with Gasteiger partial charge < -0.3 is 9.64 Å². The van der Waals surface area contributed by atoms with Crippen molar-refractivity contribution in [2.24, 2.45) is 0 Å². The maximum atomic E-state index is 14.6. The van der Waals surface area contributed by atoms with Crippen molar-refractivity contribution in [2.45, 2.75) is 31.4 Å². The van der Waals surface area contributed by atoms with Crippen LogP contribution in [-0.4, -0.2) is 37.7 Å². The summed E-state index contributed by atoms with van der Waals surface area (Å²) < 4.78 is 99.0. The Balaban J connectivity index is 2.01. The van der Waals surface area contributed by atoms with E-state index in [0.29, 0.717) is 5.56 Å². The Morgan fingerprint density at radius 2 is 1.60 bits per heavy atom. The monoisotopic (exact) mass is 678 g/mol. The van der Waals surface area contributed by atoms with Gasteiger partial charge in [-0.2, -0.15) is 31.6 Å². The number of nitrogens with zero attached hydrogens (tertiary/aromatic N) is 2. The lowest BCUT2D eigenvalue weighted by Crippen LogP contribution is -2.50. The average molecular weight is 680 g/mol. The summed E-state index contributed by atoms with van der Waals surface area (Å²) in [6.45, 7) is 1.80. The van der Waals surface area contributed by atoms with Gasteiger partial charge in [0.1, 0.15) is 0 Å². The molecule has 0 aliphatic rings. The van der Waals surface area contributed by atoms with Crippen molar-refractivity contribution < 1.29 is 45.1 Å². The smallest absolute Gasteiger partial charge is 0.435 e. The fourth-order valence-electron chi connectivity index (χ4n) is 4.15. The Bertz CT molecular complexity index is 1510. The second kappa shape index (κ2) is 12.3. The number of benzene rings is 3. The molecule has 0 saturated heterocycles. The van der Waals surface area contributed by atoms with Gasteiger partial charge in [0.15, 0.2) is 11.5 Å². The molecule has 0 heterocycles. The summed E-state index contributed by atoms with van der Waals surface area (Å²) in [7, 11) is 1.24. The van der Waals surface area contributed by atoms with Gasteiger partial charge in [-0.25, -0.2) is 4.39 Å². The third-order valence-electron chi connectivity index (χ3n) is 6.27. The third-order valence-corrected chi connectivity index (χ3v) is 7.31. The van der Waals surface area contributed by atoms with Crippen molar-refractivity contribution in [3.05, 3.63) is 91.9 Å². The maximum Gasteiger partial charge on any atom is 0.435 e. The summed E-state index contributed by atoms with van der Waals surface area (Å²) in [5.74, 6) is -1.23. The Morgan fingerprint density at radius 1 is 1.00 bits per heavy atom. The minimum Gasteiger partial charge on any atom is -0.494 e. The summed E-state index contributed by atoms with van der Waals surface area (Å²) in [6, 6.07) is 12.5. The second-order valence-electron chi connectivity index (χ2n) is 8.77. The second-order valence-corrected chi connectivity index (χ2v) is 10.0. The molecule has 0 radical (unpaired) electrons. The molecule has 0 saturated carbocycles. The lowest BCUT2D eigenvalue weighted by molar-refractivity contribution is -0.348. The van der Waals surface area contributed by atoms with Gasteiger partial charge in [-0.3, -0.25) is 9.59 Å². The van der Waals surface area contributed by atoms with Crippen molar-refractivity contribution in [3.8, 4) is 11.8 Å². The average Bonchev–Trinajstić information content (AvgIpc) is 2.93. The number of anilines is 1. The highest BCUT2D eigenvalue weighted by molar-refractivity contribution is 9.10. The molecule has 42 heavy (non-hydrogen) atoms. The lowest BCUT2D eigenvalue weighted by atomic mass is 9.92. The van der Waals surface area contributed by atoms with Gasteiger partial charge in [-0.05, 0) is 61.0 Å². The van der Waals surface area contributed by atoms with Crippen LogP contribution < -0.4 is 9.64 Å². The molecule has 1 amide bonds. The highest BCUT2D eigenvalue weighted by atomic mass is 79.9. The maximum absolute atomic E-state index is 14.6. The molecule has 5 nitrogen and oxygen atoms in total. The zero-order chi connectivity index (χ0) is 31.6. The standard InChI is InChI=1S/C28H19BrClF7N2O3/c1-3-39(25(41)16-9-7-15(14-38)8-10-16)22-6-4-5-18(24(22)42-2)23(40)13-19-20(29)11-17(12-21(19)30)26(31,27(32,33)34)28(35,36)37/h4-12H,3,13H2,1-2H3. The highest BCUT2D eigenvalue weighted by Crippen LogP contribution is 2.54. The molecule has 0 atom stereocenters. The van der Waals surface area contributed by atoms with E-state index in [1.807, 2.05) is 6.07 Å². The zero-order valence-electron chi connectivity index (χ0n) is 21.6. The third kappa shape index (κ3) is 6.10.